The number of rotatable bonds is 14. The van der Waals surface area contributed by atoms with Gasteiger partial charge in [0, 0.05) is 53.1 Å². The standard InChI is InChI=1S/C40H40ClF5N4O6S/c1-24-22-47-23-30(50(24)57(53,54)32-18-16-31(17-19-32)56-40(44,45)46)15-20-33-35(43)5-4-6-36(33)49-38(51)37(25(2)48-39(52)55-3)34(27-9-11-28(41)12-10-27)21-26-7-13-29(42)14-8-26/h4-14,16-19,24,30,34,37,47H,2,15,20-23H2,1,3H3,(H,48,52)(H,49,51)/t24-,30-,34-,37-/m0/s1. The molecule has 0 spiro atoms. The molecule has 0 unspecified atom stereocenters. The fourth-order valence-corrected chi connectivity index (χ4v) is 8.87. The Morgan fingerprint density at radius 1 is 0.982 bits per heavy atom. The van der Waals surface area contributed by atoms with Gasteiger partial charge in [-0.15, -0.1) is 13.2 Å². The number of piperazine rings is 1. The van der Waals surface area contributed by atoms with Crippen LogP contribution in [-0.2, 0) is 32.4 Å². The maximum absolute atomic E-state index is 15.7. The highest BCUT2D eigenvalue weighted by atomic mass is 35.5. The van der Waals surface area contributed by atoms with Crippen molar-refractivity contribution in [2.75, 3.05) is 25.5 Å². The second kappa shape index (κ2) is 18.5. The number of alkyl halides is 3. The summed E-state index contributed by atoms with van der Waals surface area (Å²) in [5, 5.41) is 8.91. The lowest BCUT2D eigenvalue weighted by Gasteiger charge is -2.40. The minimum Gasteiger partial charge on any atom is -0.453 e. The molecule has 1 fully saturated rings. The zero-order chi connectivity index (χ0) is 41.5. The lowest BCUT2D eigenvalue weighted by atomic mass is 9.79. The van der Waals surface area contributed by atoms with Crippen molar-refractivity contribution in [3.05, 3.63) is 137 Å². The summed E-state index contributed by atoms with van der Waals surface area (Å²) < 4.78 is 105. The number of ether oxygens (including phenoxy) is 2. The average molecular weight is 835 g/mol. The molecule has 0 aliphatic carbocycles. The number of nitrogens with one attached hydrogen (secondary N) is 3. The maximum atomic E-state index is 15.7. The molecule has 3 N–H and O–H groups in total. The first-order valence-corrected chi connectivity index (χ1v) is 19.5. The van der Waals surface area contributed by atoms with E-state index < -0.39 is 69.7 Å². The Kier molecular flexibility index (Phi) is 14.0. The van der Waals surface area contributed by atoms with Crippen LogP contribution in [0.5, 0.6) is 5.75 Å². The molecule has 5 rings (SSSR count). The third kappa shape index (κ3) is 11.1. The van der Waals surface area contributed by atoms with Crippen molar-refractivity contribution in [2.45, 2.75) is 55.4 Å². The van der Waals surface area contributed by atoms with Crippen LogP contribution in [0.1, 0.15) is 36.0 Å². The minimum atomic E-state index is -4.96. The van der Waals surface area contributed by atoms with Crippen LogP contribution in [0.4, 0.5) is 32.4 Å². The molecule has 1 aliphatic heterocycles. The van der Waals surface area contributed by atoms with Gasteiger partial charge in [-0.05, 0) is 98.0 Å². The number of benzene rings is 4. The van der Waals surface area contributed by atoms with Gasteiger partial charge in [-0.2, -0.15) is 4.31 Å². The van der Waals surface area contributed by atoms with Crippen LogP contribution >= 0.6 is 11.6 Å². The summed E-state index contributed by atoms with van der Waals surface area (Å²) in [7, 11) is -3.11. The number of hydrogen-bond donors (Lipinski definition) is 3. The van der Waals surface area contributed by atoms with E-state index >= 15 is 4.39 Å². The van der Waals surface area contributed by atoms with Gasteiger partial charge in [0.2, 0.25) is 15.9 Å². The second-order valence-corrected chi connectivity index (χ2v) is 15.7. The van der Waals surface area contributed by atoms with Gasteiger partial charge < -0.3 is 20.1 Å². The highest BCUT2D eigenvalue weighted by molar-refractivity contribution is 7.89. The van der Waals surface area contributed by atoms with Gasteiger partial charge >= 0.3 is 12.5 Å². The van der Waals surface area contributed by atoms with Crippen LogP contribution in [0.3, 0.4) is 0 Å². The quantitative estimate of drug-likeness (QED) is 0.110. The normalized spacial score (nSPS) is 17.3. The summed E-state index contributed by atoms with van der Waals surface area (Å²) in [6.07, 6.45) is -5.64. The number of carbonyl (C=O) groups excluding carboxylic acids is 2. The molecular formula is C40H40ClF5N4O6S. The molecule has 1 saturated heterocycles. The van der Waals surface area contributed by atoms with E-state index in [0.29, 0.717) is 16.1 Å². The van der Waals surface area contributed by atoms with Crippen molar-refractivity contribution >= 4 is 39.3 Å². The smallest absolute Gasteiger partial charge is 0.453 e. The van der Waals surface area contributed by atoms with Gasteiger partial charge in [-0.25, -0.2) is 22.0 Å². The fourth-order valence-electron chi connectivity index (χ4n) is 6.90. The molecular weight excluding hydrogens is 795 g/mol. The SMILES string of the molecule is C=C(NC(=O)OC)[C@H](C(=O)Nc1cccc(F)c1CC[C@H]1CNC[C@H](C)N1S(=O)(=O)c1ccc(OC(F)(F)F)cc1)[C@@H](Cc1ccc(F)cc1)c1ccc(Cl)cc1. The highest BCUT2D eigenvalue weighted by Crippen LogP contribution is 2.36. The molecule has 4 aromatic carbocycles. The van der Waals surface area contributed by atoms with E-state index in [-0.39, 0.29) is 54.2 Å². The third-order valence-electron chi connectivity index (χ3n) is 9.53. The zero-order valence-electron chi connectivity index (χ0n) is 30.8. The number of amides is 2. The zero-order valence-corrected chi connectivity index (χ0v) is 32.4. The third-order valence-corrected chi connectivity index (χ3v) is 11.9. The van der Waals surface area contributed by atoms with E-state index in [9.17, 15) is 35.6 Å². The number of methoxy groups -OCH3 is 1. The van der Waals surface area contributed by atoms with Gasteiger partial charge in [0.05, 0.1) is 17.9 Å². The van der Waals surface area contributed by atoms with Crippen LogP contribution in [0, 0.1) is 17.6 Å². The Morgan fingerprint density at radius 3 is 2.28 bits per heavy atom. The van der Waals surface area contributed by atoms with Gasteiger partial charge in [-0.3, -0.25) is 10.1 Å². The van der Waals surface area contributed by atoms with Crippen LogP contribution < -0.4 is 20.7 Å². The second-order valence-electron chi connectivity index (χ2n) is 13.4. The Morgan fingerprint density at radius 2 is 1.65 bits per heavy atom. The van der Waals surface area contributed by atoms with Gasteiger partial charge in [0.15, 0.2) is 0 Å². The molecule has 4 aromatic rings. The Labute approximate surface area is 332 Å². The molecule has 304 valence electrons. The summed E-state index contributed by atoms with van der Waals surface area (Å²) >= 11 is 6.18. The first-order valence-electron chi connectivity index (χ1n) is 17.7. The molecule has 1 heterocycles. The predicted molar refractivity (Wildman–Crippen MR) is 204 cm³/mol. The van der Waals surface area contributed by atoms with E-state index in [2.05, 4.69) is 27.3 Å². The number of sulfonamides is 1. The lowest BCUT2D eigenvalue weighted by Crippen LogP contribution is -2.58. The fraction of sp³-hybridized carbons (Fsp3) is 0.300. The molecule has 0 aromatic heterocycles. The van der Waals surface area contributed by atoms with Gasteiger partial charge in [0.25, 0.3) is 0 Å². The number of alkyl carbamates (subject to hydrolysis) is 1. The van der Waals surface area contributed by atoms with E-state index in [1.807, 2.05) is 0 Å². The summed E-state index contributed by atoms with van der Waals surface area (Å²) in [6.45, 7) is 6.12. The van der Waals surface area contributed by atoms with Crippen LogP contribution in [-0.4, -0.2) is 63.4 Å². The van der Waals surface area contributed by atoms with Crippen molar-refractivity contribution in [2.24, 2.45) is 5.92 Å². The summed E-state index contributed by atoms with van der Waals surface area (Å²) in [5.74, 6) is -4.33. The molecule has 4 atom stereocenters. The number of hydrogen-bond acceptors (Lipinski definition) is 7. The van der Waals surface area contributed by atoms with Crippen molar-refractivity contribution in [1.82, 2.24) is 14.9 Å². The molecule has 10 nitrogen and oxygen atoms in total. The molecule has 1 aliphatic rings. The average Bonchev–Trinajstić information content (AvgIpc) is 3.15. The van der Waals surface area contributed by atoms with E-state index in [1.165, 1.54) is 34.6 Å². The van der Waals surface area contributed by atoms with Crippen molar-refractivity contribution < 1.29 is 49.4 Å². The lowest BCUT2D eigenvalue weighted by molar-refractivity contribution is -0.274. The molecule has 57 heavy (non-hydrogen) atoms. The number of anilines is 1. The Hall–Kier alpha value is -5.03. The number of nitrogens with zero attached hydrogens (tertiary/aromatic N) is 1. The Balaban J connectivity index is 1.44. The van der Waals surface area contributed by atoms with Gasteiger partial charge in [-0.1, -0.05) is 48.5 Å². The predicted octanol–water partition coefficient (Wildman–Crippen LogP) is 7.95. The van der Waals surface area contributed by atoms with Crippen molar-refractivity contribution in [3.63, 3.8) is 0 Å². The van der Waals surface area contributed by atoms with Crippen LogP contribution in [0.25, 0.3) is 0 Å². The number of carbonyl (C=O) groups is 2. The van der Waals surface area contributed by atoms with E-state index in [4.69, 9.17) is 16.3 Å². The van der Waals surface area contributed by atoms with Crippen LogP contribution in [0.15, 0.2) is 108 Å². The topological polar surface area (TPSA) is 126 Å². The van der Waals surface area contributed by atoms with Crippen molar-refractivity contribution in [3.8, 4) is 5.75 Å². The maximum Gasteiger partial charge on any atom is 0.573 e. The summed E-state index contributed by atoms with van der Waals surface area (Å²) in [6, 6.07) is 19.0. The molecule has 17 heteroatoms. The highest BCUT2D eigenvalue weighted by Gasteiger charge is 2.39. The molecule has 0 radical (unpaired) electrons. The monoisotopic (exact) mass is 834 g/mol. The van der Waals surface area contributed by atoms with Crippen molar-refractivity contribution in [1.29, 1.82) is 0 Å². The molecule has 0 bridgehead atoms. The first kappa shape index (κ1) is 43.1. The van der Waals surface area contributed by atoms with E-state index in [1.54, 1.807) is 43.3 Å². The summed E-state index contributed by atoms with van der Waals surface area (Å²) in [5.41, 5.74) is 1.40. The summed E-state index contributed by atoms with van der Waals surface area (Å²) in [4.78, 5) is 26.6. The molecule has 2 amide bonds. The largest absolute Gasteiger partial charge is 0.573 e. The van der Waals surface area contributed by atoms with Crippen LogP contribution in [0.2, 0.25) is 5.02 Å². The van der Waals surface area contributed by atoms with E-state index in [0.717, 1.165) is 31.4 Å². The Bertz CT molecular complexity index is 2160. The van der Waals surface area contributed by atoms with Gasteiger partial charge in [0.1, 0.15) is 17.4 Å². The first-order chi connectivity index (χ1) is 27.0. The molecule has 0 saturated carbocycles. The number of halogens is 6. The minimum absolute atomic E-state index is 0.0412.